The number of ether oxygens (including phenoxy) is 2. The van der Waals surface area contributed by atoms with Crippen LogP contribution >= 0.6 is 0 Å². The molecule has 2 fully saturated rings. The summed E-state index contributed by atoms with van der Waals surface area (Å²) < 4.78 is 27.4. The van der Waals surface area contributed by atoms with Gasteiger partial charge in [-0.2, -0.15) is 0 Å². The van der Waals surface area contributed by atoms with Gasteiger partial charge in [-0.05, 0) is 73.5 Å². The first-order valence-corrected chi connectivity index (χ1v) is 13.2. The average molecular weight is 518 g/mol. The Kier molecular flexibility index (Phi) is 10.5. The fourth-order valence-corrected chi connectivity index (χ4v) is 5.80. The van der Waals surface area contributed by atoms with Crippen LogP contribution in [0.5, 0.6) is 0 Å². The molecule has 9 atom stereocenters. The number of carbonyl (C=O) groups excluding carboxylic acids is 2. The highest BCUT2D eigenvalue weighted by Gasteiger charge is 2.52. The second kappa shape index (κ2) is 12.1. The lowest BCUT2D eigenvalue weighted by molar-refractivity contribution is -0.196. The van der Waals surface area contributed by atoms with Crippen molar-refractivity contribution in [3.05, 3.63) is 0 Å². The number of rotatable bonds is 6. The fraction of sp³-hybridized carbons (Fsp3) is 0.923. The van der Waals surface area contributed by atoms with E-state index in [0.717, 1.165) is 19.9 Å². The van der Waals surface area contributed by atoms with Gasteiger partial charge in [0.2, 0.25) is 0 Å². The number of likely N-dealkylation sites (N-methyl/N-ethyl adjacent to an activating group) is 1. The van der Waals surface area contributed by atoms with E-state index in [1.807, 2.05) is 18.9 Å². The van der Waals surface area contributed by atoms with Gasteiger partial charge in [-0.15, -0.1) is 0 Å². The second-order valence-electron chi connectivity index (χ2n) is 11.5. The molecule has 210 valence electrons. The first-order chi connectivity index (χ1) is 16.6. The minimum Gasteiger partial charge on any atom is -0.457 e. The third kappa shape index (κ3) is 6.82. The van der Waals surface area contributed by atoms with Crippen molar-refractivity contribution in [2.45, 2.75) is 108 Å². The van der Waals surface area contributed by atoms with Crippen LogP contribution in [-0.4, -0.2) is 101 Å². The lowest BCUT2D eigenvalue weighted by Gasteiger charge is -2.42. The highest BCUT2D eigenvalue weighted by Crippen LogP contribution is 2.41. The summed E-state index contributed by atoms with van der Waals surface area (Å²) in [4.78, 5) is 27.9. The molecule has 0 radical (unpaired) electrons. The van der Waals surface area contributed by atoms with E-state index in [2.05, 4.69) is 5.32 Å². The minimum atomic E-state index is -2.89. The zero-order valence-electron chi connectivity index (χ0n) is 23.1. The van der Waals surface area contributed by atoms with E-state index in [1.54, 1.807) is 20.8 Å². The molecular formula is C26H48FN3O6. The van der Waals surface area contributed by atoms with Gasteiger partial charge in [0.05, 0.1) is 11.7 Å². The first-order valence-electron chi connectivity index (χ1n) is 13.2. The van der Waals surface area contributed by atoms with Gasteiger partial charge in [0, 0.05) is 31.0 Å². The van der Waals surface area contributed by atoms with Gasteiger partial charge >= 0.3 is 5.97 Å². The molecule has 0 aliphatic carbocycles. The van der Waals surface area contributed by atoms with Crippen LogP contribution in [0.15, 0.2) is 0 Å². The van der Waals surface area contributed by atoms with Crippen molar-refractivity contribution in [2.24, 2.45) is 17.6 Å². The molecule has 1 unspecified atom stereocenters. The topological polar surface area (TPSA) is 134 Å². The van der Waals surface area contributed by atoms with Gasteiger partial charge < -0.3 is 35.6 Å². The molecule has 0 saturated carbocycles. The zero-order valence-corrected chi connectivity index (χ0v) is 23.1. The van der Waals surface area contributed by atoms with Gasteiger partial charge in [0.15, 0.2) is 5.78 Å². The maximum atomic E-state index is 15.6. The Labute approximate surface area is 215 Å². The normalized spacial score (nSPS) is 43.6. The number of aliphatic hydroxyl groups excluding tert-OH is 1. The van der Waals surface area contributed by atoms with Crippen LogP contribution in [0.3, 0.4) is 0 Å². The maximum Gasteiger partial charge on any atom is 0.351 e. The monoisotopic (exact) mass is 517 g/mol. The summed E-state index contributed by atoms with van der Waals surface area (Å²) in [5, 5.41) is 25.8. The summed E-state index contributed by atoms with van der Waals surface area (Å²) in [7, 11) is 1.87. The molecule has 0 aromatic carbocycles. The van der Waals surface area contributed by atoms with Crippen LogP contribution < -0.4 is 11.1 Å². The van der Waals surface area contributed by atoms with Gasteiger partial charge in [-0.3, -0.25) is 4.79 Å². The Morgan fingerprint density at radius 3 is 2.44 bits per heavy atom. The number of Topliss-reactive ketones (excluding diaryl/α,β-unsaturated/α-hetero) is 1. The lowest BCUT2D eigenvalue weighted by Crippen LogP contribution is -2.60. The summed E-state index contributed by atoms with van der Waals surface area (Å²) >= 11 is 0. The largest absolute Gasteiger partial charge is 0.457 e. The van der Waals surface area contributed by atoms with Crippen LogP contribution in [0.2, 0.25) is 0 Å². The zero-order chi connectivity index (χ0) is 27.5. The number of nitrogens with zero attached hydrogens (tertiary/aromatic N) is 1. The van der Waals surface area contributed by atoms with Gasteiger partial charge in [0.1, 0.15) is 17.8 Å². The molecule has 9 nitrogen and oxygen atoms in total. The molecule has 2 aliphatic heterocycles. The number of aliphatic hydroxyl groups is 2. The number of esters is 1. The number of nitrogens with one attached hydrogen (secondary N) is 1. The summed E-state index contributed by atoms with van der Waals surface area (Å²) in [5.74, 6) is -2.97. The van der Waals surface area contributed by atoms with Crippen molar-refractivity contribution in [1.29, 1.82) is 0 Å². The molecule has 2 rings (SSSR count). The van der Waals surface area contributed by atoms with E-state index in [-0.39, 0.29) is 24.9 Å². The number of fused-ring (bicyclic) bond motifs is 2. The number of ketones is 1. The molecule has 2 bridgehead atoms. The summed E-state index contributed by atoms with van der Waals surface area (Å²) in [6.07, 6.45) is -0.815. The van der Waals surface area contributed by atoms with Crippen LogP contribution in [-0.2, 0) is 19.1 Å². The van der Waals surface area contributed by atoms with Gasteiger partial charge in [0.25, 0.3) is 5.67 Å². The van der Waals surface area contributed by atoms with Crippen molar-refractivity contribution in [3.8, 4) is 0 Å². The third-order valence-corrected chi connectivity index (χ3v) is 8.14. The van der Waals surface area contributed by atoms with Crippen LogP contribution in [0.4, 0.5) is 4.39 Å². The number of carbonyl (C=O) groups is 2. The van der Waals surface area contributed by atoms with E-state index in [9.17, 15) is 19.8 Å². The predicted octanol–water partition coefficient (Wildman–Crippen LogP) is 1.18. The van der Waals surface area contributed by atoms with Crippen molar-refractivity contribution >= 4 is 11.8 Å². The number of alkyl halides is 1. The van der Waals surface area contributed by atoms with Crippen molar-refractivity contribution < 1.29 is 33.7 Å². The molecule has 2 aliphatic rings. The highest BCUT2D eigenvalue weighted by atomic mass is 19.1. The summed E-state index contributed by atoms with van der Waals surface area (Å²) in [6, 6.07) is -0.507. The standard InChI is InChI=1S/C26H48FN3O6/c1-8-20-26(6,34)22(32)17(3)30(7)15-18-13-24(4,36-19(18)14-29-11-9-10-28)12-16(2)21(31)25(5,27)23(33)35-20/h16-20,22,29,32,34H,8-15,28H2,1-7H3/t16-,17-,18-,19?,20-,22-,24+,25+,26-/m1/s1. The lowest BCUT2D eigenvalue weighted by atomic mass is 9.81. The fourth-order valence-electron chi connectivity index (χ4n) is 5.80. The van der Waals surface area contributed by atoms with Crippen LogP contribution in [0.25, 0.3) is 0 Å². The van der Waals surface area contributed by atoms with E-state index >= 15 is 4.39 Å². The number of nitrogens with two attached hydrogens (primary N) is 1. The van der Waals surface area contributed by atoms with E-state index in [1.165, 1.54) is 6.92 Å². The molecule has 0 aromatic rings. The van der Waals surface area contributed by atoms with Crippen LogP contribution in [0.1, 0.15) is 67.2 Å². The second-order valence-corrected chi connectivity index (χ2v) is 11.5. The smallest absolute Gasteiger partial charge is 0.351 e. The summed E-state index contributed by atoms with van der Waals surface area (Å²) in [5.41, 5.74) is 0.145. The molecule has 10 heteroatoms. The van der Waals surface area contributed by atoms with Gasteiger partial charge in [-0.1, -0.05) is 13.8 Å². The Morgan fingerprint density at radius 2 is 1.86 bits per heavy atom. The molecule has 2 saturated heterocycles. The molecule has 0 spiro atoms. The Hall–Kier alpha value is -1.17. The van der Waals surface area contributed by atoms with Crippen LogP contribution in [0, 0.1) is 11.8 Å². The molecular weight excluding hydrogens is 469 g/mol. The quantitative estimate of drug-likeness (QED) is 0.233. The number of hydrogen-bond acceptors (Lipinski definition) is 9. The van der Waals surface area contributed by atoms with E-state index in [4.69, 9.17) is 15.2 Å². The molecule has 36 heavy (non-hydrogen) atoms. The Balaban J connectivity index is 2.43. The third-order valence-electron chi connectivity index (χ3n) is 8.14. The first kappa shape index (κ1) is 31.1. The minimum absolute atomic E-state index is 0.0639. The highest BCUT2D eigenvalue weighted by molar-refractivity contribution is 6.07. The average Bonchev–Trinajstić information content (AvgIpc) is 3.11. The van der Waals surface area contributed by atoms with E-state index < -0.39 is 52.8 Å². The molecule has 0 amide bonds. The number of hydrogen-bond donors (Lipinski definition) is 4. The number of halogens is 1. The SMILES string of the molecule is CC[C@H]1OC(=O)[C@@](C)(F)C(=O)[C@H](C)C[C@@]2(C)C[C@H](CN(C)[C@H](C)[C@@H](O)[C@]1(C)O)C(CNCCCN)O2. The molecule has 5 N–H and O–H groups in total. The predicted molar refractivity (Wildman–Crippen MR) is 135 cm³/mol. The van der Waals surface area contributed by atoms with Gasteiger partial charge in [-0.25, -0.2) is 9.18 Å². The summed E-state index contributed by atoms with van der Waals surface area (Å²) in [6.45, 7) is 11.8. The number of cyclic esters (lactones) is 1. The van der Waals surface area contributed by atoms with Crippen molar-refractivity contribution in [2.75, 3.05) is 33.2 Å². The maximum absolute atomic E-state index is 15.6. The molecule has 2 heterocycles. The Morgan fingerprint density at radius 1 is 1.22 bits per heavy atom. The van der Waals surface area contributed by atoms with Crippen molar-refractivity contribution in [1.82, 2.24) is 10.2 Å². The van der Waals surface area contributed by atoms with Crippen molar-refractivity contribution in [3.63, 3.8) is 0 Å². The molecule has 0 aromatic heterocycles. The van der Waals surface area contributed by atoms with E-state index in [0.29, 0.717) is 26.1 Å². The Bertz CT molecular complexity index is 766.